The number of aromatic nitrogens is 1. The highest BCUT2D eigenvalue weighted by Crippen LogP contribution is 2.23. The highest BCUT2D eigenvalue weighted by molar-refractivity contribution is 5.89. The van der Waals surface area contributed by atoms with Crippen molar-refractivity contribution in [2.75, 3.05) is 25.5 Å². The Morgan fingerprint density at radius 2 is 2.24 bits per heavy atom. The van der Waals surface area contributed by atoms with Gasteiger partial charge in [-0.25, -0.2) is 9.78 Å². The number of likely N-dealkylation sites (tertiary alicyclic amines) is 1. The van der Waals surface area contributed by atoms with Crippen LogP contribution in [-0.2, 0) is 4.79 Å². The predicted octanol–water partition coefficient (Wildman–Crippen LogP) is 1.66. The lowest BCUT2D eigenvalue weighted by atomic mass is 9.91. The summed E-state index contributed by atoms with van der Waals surface area (Å²) in [6.45, 7) is 2.73. The first-order valence-electron chi connectivity index (χ1n) is 6.78. The zero-order valence-corrected chi connectivity index (χ0v) is 12.1. The summed E-state index contributed by atoms with van der Waals surface area (Å²) in [6.07, 6.45) is 2.13. The molecule has 114 valence electrons. The van der Waals surface area contributed by atoms with E-state index in [9.17, 15) is 9.59 Å². The van der Waals surface area contributed by atoms with Crippen LogP contribution in [0.25, 0.3) is 0 Å². The molecule has 0 saturated carbocycles. The quantitative estimate of drug-likeness (QED) is 0.884. The minimum absolute atomic E-state index is 0.164. The molecule has 1 aliphatic rings. The zero-order valence-electron chi connectivity index (χ0n) is 12.1. The number of urea groups is 1. The maximum Gasteiger partial charge on any atom is 0.321 e. The summed E-state index contributed by atoms with van der Waals surface area (Å²) < 4.78 is 4.99. The molecule has 2 N–H and O–H groups in total. The third-order valence-corrected chi connectivity index (χ3v) is 3.49. The van der Waals surface area contributed by atoms with Crippen LogP contribution in [0.4, 0.5) is 10.5 Å². The van der Waals surface area contributed by atoms with Gasteiger partial charge in [-0.2, -0.15) is 0 Å². The maximum atomic E-state index is 12.2. The number of anilines is 1. The molecule has 1 saturated heterocycles. The number of carboxylic acids is 1. The molecule has 2 amide bonds. The largest absolute Gasteiger partial charge is 0.481 e. The summed E-state index contributed by atoms with van der Waals surface area (Å²) in [6, 6.07) is 2.96. The lowest BCUT2D eigenvalue weighted by Gasteiger charge is -2.34. The normalized spacial score (nSPS) is 21.7. The number of hydrogen-bond donors (Lipinski definition) is 2. The second-order valence-corrected chi connectivity index (χ2v) is 5.30. The van der Waals surface area contributed by atoms with Crippen molar-refractivity contribution in [1.82, 2.24) is 9.88 Å². The molecule has 1 fully saturated rings. The number of pyridine rings is 1. The van der Waals surface area contributed by atoms with Crippen molar-refractivity contribution < 1.29 is 19.4 Å². The second-order valence-electron chi connectivity index (χ2n) is 5.30. The SMILES string of the molecule is COc1cc(NC(=O)N2CC(C)CC(C(=O)O)C2)ccn1. The summed E-state index contributed by atoms with van der Waals surface area (Å²) in [4.78, 5) is 28.9. The molecule has 0 bridgehead atoms. The van der Waals surface area contributed by atoms with Crippen LogP contribution in [0.1, 0.15) is 13.3 Å². The third-order valence-electron chi connectivity index (χ3n) is 3.49. The fourth-order valence-corrected chi connectivity index (χ4v) is 2.50. The van der Waals surface area contributed by atoms with Gasteiger partial charge in [-0.05, 0) is 18.4 Å². The summed E-state index contributed by atoms with van der Waals surface area (Å²) in [7, 11) is 1.50. The molecule has 7 heteroatoms. The van der Waals surface area contributed by atoms with E-state index in [4.69, 9.17) is 9.84 Å². The van der Waals surface area contributed by atoms with Crippen molar-refractivity contribution >= 4 is 17.7 Å². The summed E-state index contributed by atoms with van der Waals surface area (Å²) in [5, 5.41) is 11.9. The van der Waals surface area contributed by atoms with Gasteiger partial charge in [-0.15, -0.1) is 0 Å². The van der Waals surface area contributed by atoms with E-state index in [-0.39, 0.29) is 18.5 Å². The first-order chi connectivity index (χ1) is 9.99. The average molecular weight is 293 g/mol. The molecule has 21 heavy (non-hydrogen) atoms. The van der Waals surface area contributed by atoms with Crippen LogP contribution in [0.3, 0.4) is 0 Å². The number of amides is 2. The van der Waals surface area contributed by atoms with Crippen LogP contribution in [0.15, 0.2) is 18.3 Å². The number of rotatable bonds is 3. The number of piperidine rings is 1. The van der Waals surface area contributed by atoms with E-state index < -0.39 is 11.9 Å². The van der Waals surface area contributed by atoms with E-state index >= 15 is 0 Å². The fraction of sp³-hybridized carbons (Fsp3) is 0.500. The Morgan fingerprint density at radius 3 is 2.90 bits per heavy atom. The smallest absolute Gasteiger partial charge is 0.321 e. The molecule has 0 aromatic carbocycles. The van der Waals surface area contributed by atoms with E-state index in [1.54, 1.807) is 17.0 Å². The Labute approximate surface area is 122 Å². The number of carboxylic acid groups (broad SMARTS) is 1. The van der Waals surface area contributed by atoms with Gasteiger partial charge in [0.1, 0.15) is 0 Å². The van der Waals surface area contributed by atoms with Crippen LogP contribution in [-0.4, -0.2) is 47.2 Å². The van der Waals surface area contributed by atoms with Gasteiger partial charge in [-0.3, -0.25) is 4.79 Å². The van der Waals surface area contributed by atoms with Crippen molar-refractivity contribution in [3.05, 3.63) is 18.3 Å². The van der Waals surface area contributed by atoms with Gasteiger partial charge < -0.3 is 20.1 Å². The molecule has 2 heterocycles. The monoisotopic (exact) mass is 293 g/mol. The molecule has 0 aliphatic carbocycles. The van der Waals surface area contributed by atoms with Gasteiger partial charge in [0, 0.05) is 31.0 Å². The molecule has 2 unspecified atom stereocenters. The van der Waals surface area contributed by atoms with Gasteiger partial charge in [0.25, 0.3) is 0 Å². The van der Waals surface area contributed by atoms with E-state index in [0.717, 1.165) is 0 Å². The molecular formula is C14H19N3O4. The first kappa shape index (κ1) is 15.1. The van der Waals surface area contributed by atoms with E-state index in [2.05, 4.69) is 10.3 Å². The van der Waals surface area contributed by atoms with Crippen molar-refractivity contribution in [2.24, 2.45) is 11.8 Å². The number of hydrogen-bond acceptors (Lipinski definition) is 4. The van der Waals surface area contributed by atoms with Crippen molar-refractivity contribution in [1.29, 1.82) is 0 Å². The van der Waals surface area contributed by atoms with Crippen LogP contribution in [0.5, 0.6) is 5.88 Å². The number of carbonyl (C=O) groups is 2. The Morgan fingerprint density at radius 1 is 1.48 bits per heavy atom. The van der Waals surface area contributed by atoms with Crippen molar-refractivity contribution in [3.63, 3.8) is 0 Å². The number of methoxy groups -OCH3 is 1. The van der Waals surface area contributed by atoms with E-state index in [0.29, 0.717) is 24.5 Å². The molecule has 0 spiro atoms. The zero-order chi connectivity index (χ0) is 15.4. The fourth-order valence-electron chi connectivity index (χ4n) is 2.50. The predicted molar refractivity (Wildman–Crippen MR) is 76.3 cm³/mol. The molecule has 1 aromatic rings. The molecule has 2 rings (SSSR count). The number of carbonyl (C=O) groups excluding carboxylic acids is 1. The number of ether oxygens (including phenoxy) is 1. The molecular weight excluding hydrogens is 274 g/mol. The second kappa shape index (κ2) is 6.43. The van der Waals surface area contributed by atoms with E-state index in [1.807, 2.05) is 6.92 Å². The molecule has 1 aromatic heterocycles. The van der Waals surface area contributed by atoms with Crippen molar-refractivity contribution in [2.45, 2.75) is 13.3 Å². The number of nitrogens with one attached hydrogen (secondary N) is 1. The topological polar surface area (TPSA) is 91.8 Å². The molecule has 0 radical (unpaired) electrons. The van der Waals surface area contributed by atoms with Gasteiger partial charge in [0.05, 0.1) is 13.0 Å². The Balaban J connectivity index is 2.03. The Bertz CT molecular complexity index is 535. The minimum Gasteiger partial charge on any atom is -0.481 e. The highest BCUT2D eigenvalue weighted by atomic mass is 16.5. The van der Waals surface area contributed by atoms with Gasteiger partial charge >= 0.3 is 12.0 Å². The lowest BCUT2D eigenvalue weighted by molar-refractivity contribution is -0.143. The van der Waals surface area contributed by atoms with Gasteiger partial charge in [0.2, 0.25) is 5.88 Å². The summed E-state index contributed by atoms with van der Waals surface area (Å²) in [5.41, 5.74) is 0.567. The van der Waals surface area contributed by atoms with Crippen LogP contribution < -0.4 is 10.1 Å². The van der Waals surface area contributed by atoms with Gasteiger partial charge in [-0.1, -0.05) is 6.92 Å². The summed E-state index contributed by atoms with van der Waals surface area (Å²) in [5.74, 6) is -0.794. The molecule has 7 nitrogen and oxygen atoms in total. The number of nitrogens with zero attached hydrogens (tertiary/aromatic N) is 2. The Kier molecular flexibility index (Phi) is 4.62. The maximum absolute atomic E-state index is 12.2. The van der Waals surface area contributed by atoms with E-state index in [1.165, 1.54) is 13.3 Å². The summed E-state index contributed by atoms with van der Waals surface area (Å²) >= 11 is 0. The Hall–Kier alpha value is -2.31. The highest BCUT2D eigenvalue weighted by Gasteiger charge is 2.31. The van der Waals surface area contributed by atoms with Crippen LogP contribution >= 0.6 is 0 Å². The molecule has 2 atom stereocenters. The standard InChI is InChI=1S/C14H19N3O4/c1-9-5-10(13(18)19)8-17(7-9)14(20)16-11-3-4-15-12(6-11)21-2/h3-4,6,9-10H,5,7-8H2,1-2H3,(H,18,19)(H,15,16,20). The average Bonchev–Trinajstić information content (AvgIpc) is 2.46. The number of aliphatic carboxylic acids is 1. The molecule has 1 aliphatic heterocycles. The van der Waals surface area contributed by atoms with Crippen molar-refractivity contribution in [3.8, 4) is 5.88 Å². The lowest BCUT2D eigenvalue weighted by Crippen LogP contribution is -2.47. The van der Waals surface area contributed by atoms with Crippen LogP contribution in [0, 0.1) is 11.8 Å². The third kappa shape index (κ3) is 3.84. The first-order valence-corrected chi connectivity index (χ1v) is 6.78. The van der Waals surface area contributed by atoms with Crippen LogP contribution in [0.2, 0.25) is 0 Å². The minimum atomic E-state index is -0.857. The van der Waals surface area contributed by atoms with Gasteiger partial charge in [0.15, 0.2) is 0 Å².